The zero-order chi connectivity index (χ0) is 20.6. The number of carboxylic acid groups (broad SMARTS) is 1. The predicted octanol–water partition coefficient (Wildman–Crippen LogP) is 3.74. The number of carbonyl (C=O) groups is 2. The van der Waals surface area contributed by atoms with Crippen molar-refractivity contribution in [2.24, 2.45) is 10.8 Å². The molecule has 28 heavy (non-hydrogen) atoms. The first-order chi connectivity index (χ1) is 13.1. The topological polar surface area (TPSA) is 60.9 Å². The van der Waals surface area contributed by atoms with Crippen LogP contribution in [-0.4, -0.2) is 54.0 Å². The second-order valence-corrected chi connectivity index (χ2v) is 9.72. The lowest BCUT2D eigenvalue weighted by atomic mass is 9.64. The number of rotatable bonds is 6. The van der Waals surface area contributed by atoms with Crippen molar-refractivity contribution in [3.8, 4) is 0 Å². The Kier molecular flexibility index (Phi) is 5.59. The van der Waals surface area contributed by atoms with Crippen molar-refractivity contribution in [2.45, 2.75) is 57.9 Å². The fraction of sp³-hybridized carbons (Fsp3) is 0.652. The number of aliphatic carboxylic acids is 1. The minimum absolute atomic E-state index is 0.0360. The van der Waals surface area contributed by atoms with E-state index < -0.39 is 11.4 Å². The van der Waals surface area contributed by atoms with E-state index in [1.165, 1.54) is 5.56 Å². The van der Waals surface area contributed by atoms with Gasteiger partial charge in [-0.25, -0.2) is 0 Å². The molecule has 1 N–H and O–H groups in total. The highest BCUT2D eigenvalue weighted by molar-refractivity contribution is 5.79. The molecule has 0 aromatic heterocycles. The molecule has 154 valence electrons. The number of carboxylic acids is 1. The molecular formula is C23H34N2O3. The van der Waals surface area contributed by atoms with E-state index in [0.717, 1.165) is 32.2 Å². The van der Waals surface area contributed by atoms with E-state index in [1.807, 2.05) is 4.90 Å². The van der Waals surface area contributed by atoms with Gasteiger partial charge in [-0.1, -0.05) is 30.3 Å². The van der Waals surface area contributed by atoms with Gasteiger partial charge in [0.15, 0.2) is 0 Å². The average Bonchev–Trinajstić information content (AvgIpc) is 2.96. The number of benzene rings is 1. The van der Waals surface area contributed by atoms with Crippen LogP contribution in [-0.2, 0) is 15.1 Å². The van der Waals surface area contributed by atoms with Crippen molar-refractivity contribution in [2.75, 3.05) is 27.2 Å². The summed E-state index contributed by atoms with van der Waals surface area (Å²) in [5.74, 6) is -0.608. The lowest BCUT2D eigenvalue weighted by molar-refractivity contribution is -0.148. The molecule has 1 amide bonds. The van der Waals surface area contributed by atoms with Crippen LogP contribution in [0.5, 0.6) is 0 Å². The molecule has 1 aliphatic carbocycles. The third kappa shape index (κ3) is 3.82. The van der Waals surface area contributed by atoms with Gasteiger partial charge in [0, 0.05) is 25.0 Å². The second-order valence-electron chi connectivity index (χ2n) is 9.72. The van der Waals surface area contributed by atoms with Crippen LogP contribution in [0.25, 0.3) is 0 Å². The molecule has 0 bridgehead atoms. The number of hydrogen-bond acceptors (Lipinski definition) is 3. The Morgan fingerprint density at radius 3 is 2.29 bits per heavy atom. The van der Waals surface area contributed by atoms with Gasteiger partial charge in [-0.3, -0.25) is 14.5 Å². The van der Waals surface area contributed by atoms with Crippen molar-refractivity contribution >= 4 is 11.9 Å². The second kappa shape index (κ2) is 7.51. The Labute approximate surface area is 168 Å². The van der Waals surface area contributed by atoms with E-state index in [2.05, 4.69) is 49.3 Å². The maximum Gasteiger partial charge on any atom is 0.309 e. The van der Waals surface area contributed by atoms with Gasteiger partial charge >= 0.3 is 5.97 Å². The Hall–Kier alpha value is -1.88. The van der Waals surface area contributed by atoms with E-state index in [1.54, 1.807) is 13.8 Å². The van der Waals surface area contributed by atoms with E-state index >= 15 is 0 Å². The molecule has 1 spiro atoms. The van der Waals surface area contributed by atoms with Crippen LogP contribution in [0.2, 0.25) is 0 Å². The van der Waals surface area contributed by atoms with Crippen LogP contribution in [0.15, 0.2) is 30.3 Å². The molecule has 5 heteroatoms. The summed E-state index contributed by atoms with van der Waals surface area (Å²) in [6, 6.07) is 10.7. The molecule has 1 saturated heterocycles. The van der Waals surface area contributed by atoms with E-state index in [9.17, 15) is 14.7 Å². The Bertz CT molecular complexity index is 719. The molecule has 1 heterocycles. The Morgan fingerprint density at radius 1 is 1.14 bits per heavy atom. The summed E-state index contributed by atoms with van der Waals surface area (Å²) in [4.78, 5) is 28.3. The molecule has 0 atom stereocenters. The zero-order valence-electron chi connectivity index (χ0n) is 17.7. The van der Waals surface area contributed by atoms with Crippen LogP contribution in [0.3, 0.4) is 0 Å². The van der Waals surface area contributed by atoms with Gasteiger partial charge in [-0.2, -0.15) is 0 Å². The van der Waals surface area contributed by atoms with Crippen LogP contribution >= 0.6 is 0 Å². The van der Waals surface area contributed by atoms with Gasteiger partial charge in [-0.15, -0.1) is 0 Å². The molecule has 0 radical (unpaired) electrons. The van der Waals surface area contributed by atoms with Crippen LogP contribution < -0.4 is 0 Å². The zero-order valence-corrected chi connectivity index (χ0v) is 17.7. The molecule has 1 aromatic rings. The molecule has 2 fully saturated rings. The van der Waals surface area contributed by atoms with Gasteiger partial charge < -0.3 is 10.0 Å². The van der Waals surface area contributed by atoms with Gasteiger partial charge in [0.05, 0.1) is 5.41 Å². The number of carbonyl (C=O) groups excluding carboxylic acids is 1. The molecule has 5 nitrogen and oxygen atoms in total. The maximum atomic E-state index is 12.7. The molecule has 1 saturated carbocycles. The highest BCUT2D eigenvalue weighted by Crippen LogP contribution is 2.52. The van der Waals surface area contributed by atoms with Crippen molar-refractivity contribution in [3.63, 3.8) is 0 Å². The predicted molar refractivity (Wildman–Crippen MR) is 110 cm³/mol. The quantitative estimate of drug-likeness (QED) is 0.809. The fourth-order valence-electron chi connectivity index (χ4n) is 4.98. The average molecular weight is 387 g/mol. The third-order valence-corrected chi connectivity index (χ3v) is 7.30. The molecule has 1 aromatic carbocycles. The van der Waals surface area contributed by atoms with Crippen molar-refractivity contribution < 1.29 is 14.7 Å². The number of amides is 1. The normalized spacial score (nSPS) is 28.3. The minimum atomic E-state index is -0.801. The summed E-state index contributed by atoms with van der Waals surface area (Å²) in [6.45, 7) is 4.78. The van der Waals surface area contributed by atoms with E-state index in [4.69, 9.17) is 0 Å². The monoisotopic (exact) mass is 386 g/mol. The van der Waals surface area contributed by atoms with E-state index in [0.29, 0.717) is 19.4 Å². The van der Waals surface area contributed by atoms with Crippen LogP contribution in [0.1, 0.15) is 57.9 Å². The summed E-state index contributed by atoms with van der Waals surface area (Å²) in [7, 11) is 4.32. The fourth-order valence-corrected chi connectivity index (χ4v) is 4.98. The van der Waals surface area contributed by atoms with Gasteiger partial charge in [0.2, 0.25) is 5.91 Å². The van der Waals surface area contributed by atoms with Gasteiger partial charge in [-0.05, 0) is 71.0 Å². The third-order valence-electron chi connectivity index (χ3n) is 7.30. The number of hydrogen-bond donors (Lipinski definition) is 1. The molecule has 1 aliphatic heterocycles. The first-order valence-electron chi connectivity index (χ1n) is 10.3. The van der Waals surface area contributed by atoms with E-state index in [-0.39, 0.29) is 16.9 Å². The van der Waals surface area contributed by atoms with Crippen molar-refractivity contribution in [1.82, 2.24) is 9.80 Å². The summed E-state index contributed by atoms with van der Waals surface area (Å²) in [5.41, 5.74) is 0.655. The first kappa shape index (κ1) is 20.8. The first-order valence-corrected chi connectivity index (χ1v) is 10.3. The lowest BCUT2D eigenvalue weighted by Crippen LogP contribution is -2.47. The molecule has 2 aliphatic rings. The Balaban J connectivity index is 1.68. The summed E-state index contributed by atoms with van der Waals surface area (Å²) >= 11 is 0. The highest BCUT2D eigenvalue weighted by atomic mass is 16.4. The highest BCUT2D eigenvalue weighted by Gasteiger charge is 2.50. The van der Waals surface area contributed by atoms with Crippen LogP contribution in [0, 0.1) is 10.8 Å². The van der Waals surface area contributed by atoms with Crippen molar-refractivity contribution in [1.29, 1.82) is 0 Å². The smallest absolute Gasteiger partial charge is 0.309 e. The lowest BCUT2D eigenvalue weighted by Gasteiger charge is -2.49. The van der Waals surface area contributed by atoms with Crippen molar-refractivity contribution in [3.05, 3.63) is 35.9 Å². The molecule has 3 rings (SSSR count). The molecular weight excluding hydrogens is 352 g/mol. The summed E-state index contributed by atoms with van der Waals surface area (Å²) in [5, 5.41) is 9.33. The summed E-state index contributed by atoms with van der Waals surface area (Å²) in [6.07, 6.45) is 5.27. The standard InChI is InChI=1S/C23H34N2O3/c1-21(2,20(27)28)14-15-25-17-22(16-19(25)26)10-12-23(13-11-22,24(3)4)18-8-6-5-7-9-18/h5-9H,10-17H2,1-4H3,(H,27,28)/t22-,23-. The largest absolute Gasteiger partial charge is 0.481 e. The maximum absolute atomic E-state index is 12.7. The summed E-state index contributed by atoms with van der Waals surface area (Å²) < 4.78 is 0. The number of nitrogens with zero attached hydrogens (tertiary/aromatic N) is 2. The minimum Gasteiger partial charge on any atom is -0.481 e. The van der Waals surface area contributed by atoms with Crippen LogP contribution in [0.4, 0.5) is 0 Å². The van der Waals surface area contributed by atoms with Gasteiger partial charge in [0.1, 0.15) is 0 Å². The SMILES string of the molecule is CN(C)[C@]1(c2ccccc2)CC[C@@]2(CC1)CC(=O)N(CCC(C)(C)C(=O)O)C2. The Morgan fingerprint density at radius 2 is 1.75 bits per heavy atom. The number of likely N-dealkylation sites (tertiary alicyclic amines) is 1. The molecule has 0 unspecified atom stereocenters. The van der Waals surface area contributed by atoms with Gasteiger partial charge in [0.25, 0.3) is 0 Å².